The predicted molar refractivity (Wildman–Crippen MR) is 53.0 cm³/mol. The summed E-state index contributed by atoms with van der Waals surface area (Å²) in [7, 11) is 1.65. The molecule has 1 aromatic rings. The maximum absolute atomic E-state index is 13.1. The lowest BCUT2D eigenvalue weighted by molar-refractivity contribution is -0.386. The quantitative estimate of drug-likeness (QED) is 0.636. The molecule has 1 aliphatic carbocycles. The van der Waals surface area contributed by atoms with E-state index in [9.17, 15) is 18.9 Å². The Morgan fingerprint density at radius 3 is 2.38 bits per heavy atom. The first-order valence-corrected chi connectivity index (χ1v) is 4.83. The number of nitrogens with zero attached hydrogens (tertiary/aromatic N) is 1. The summed E-state index contributed by atoms with van der Waals surface area (Å²) >= 11 is 0. The van der Waals surface area contributed by atoms with Crippen molar-refractivity contribution in [2.24, 2.45) is 0 Å². The molecule has 1 aromatic carbocycles. The molecule has 0 spiro atoms. The summed E-state index contributed by atoms with van der Waals surface area (Å²) in [4.78, 5) is 10.1. The fourth-order valence-electron chi connectivity index (χ4n) is 1.85. The van der Waals surface area contributed by atoms with Crippen LogP contribution in [0.15, 0.2) is 12.1 Å². The Morgan fingerprint density at radius 1 is 1.38 bits per heavy atom. The molecule has 0 amide bonds. The topological polar surface area (TPSA) is 55.2 Å². The van der Waals surface area contributed by atoms with Crippen LogP contribution < -0.4 is 5.32 Å². The number of hydrogen-bond donors (Lipinski definition) is 1. The van der Waals surface area contributed by atoms with Gasteiger partial charge in [-0.05, 0) is 26.0 Å². The van der Waals surface area contributed by atoms with Crippen molar-refractivity contribution in [1.29, 1.82) is 0 Å². The molecule has 4 nitrogen and oxygen atoms in total. The third-order valence-electron chi connectivity index (χ3n) is 2.98. The zero-order valence-electron chi connectivity index (χ0n) is 8.59. The zero-order valence-corrected chi connectivity index (χ0v) is 8.59. The maximum Gasteiger partial charge on any atom is 0.277 e. The summed E-state index contributed by atoms with van der Waals surface area (Å²) in [5.41, 5.74) is -0.707. The Kier molecular flexibility index (Phi) is 2.38. The number of benzene rings is 1. The molecule has 2 rings (SSSR count). The van der Waals surface area contributed by atoms with E-state index in [1.54, 1.807) is 7.05 Å². The van der Waals surface area contributed by atoms with Gasteiger partial charge in [-0.3, -0.25) is 10.1 Å². The number of nitrogens with one attached hydrogen (secondary N) is 1. The van der Waals surface area contributed by atoms with Crippen LogP contribution in [0.25, 0.3) is 0 Å². The van der Waals surface area contributed by atoms with Crippen molar-refractivity contribution in [3.05, 3.63) is 39.4 Å². The first kappa shape index (κ1) is 10.9. The number of halogens is 2. The minimum atomic E-state index is -1.19. The molecule has 6 heteroatoms. The van der Waals surface area contributed by atoms with Gasteiger partial charge in [0.2, 0.25) is 0 Å². The smallest absolute Gasteiger partial charge is 0.277 e. The van der Waals surface area contributed by atoms with Crippen molar-refractivity contribution in [3.8, 4) is 0 Å². The third-order valence-corrected chi connectivity index (χ3v) is 2.98. The Hall–Kier alpha value is -1.56. The average Bonchev–Trinajstić information content (AvgIpc) is 3.02. The summed E-state index contributed by atoms with van der Waals surface area (Å²) in [6.45, 7) is 0. The lowest BCUT2D eigenvalue weighted by Gasteiger charge is -2.14. The van der Waals surface area contributed by atoms with E-state index in [2.05, 4.69) is 5.32 Å². The van der Waals surface area contributed by atoms with E-state index in [0.29, 0.717) is 18.9 Å². The van der Waals surface area contributed by atoms with E-state index in [1.165, 1.54) is 0 Å². The van der Waals surface area contributed by atoms with Crippen LogP contribution in [-0.2, 0) is 5.54 Å². The molecule has 0 unspecified atom stereocenters. The van der Waals surface area contributed by atoms with Gasteiger partial charge in [0.25, 0.3) is 5.69 Å². The fraction of sp³-hybridized carbons (Fsp3) is 0.400. The summed E-state index contributed by atoms with van der Waals surface area (Å²) in [5.74, 6) is -2.25. The van der Waals surface area contributed by atoms with Crippen LogP contribution in [-0.4, -0.2) is 12.0 Å². The summed E-state index contributed by atoms with van der Waals surface area (Å²) in [6.07, 6.45) is 1.38. The van der Waals surface area contributed by atoms with E-state index in [1.807, 2.05) is 0 Å². The number of hydrogen-bond acceptors (Lipinski definition) is 3. The van der Waals surface area contributed by atoms with Crippen LogP contribution in [0, 0.1) is 21.7 Å². The van der Waals surface area contributed by atoms with Gasteiger partial charge in [0.05, 0.1) is 22.1 Å². The van der Waals surface area contributed by atoms with Gasteiger partial charge in [0, 0.05) is 0 Å². The van der Waals surface area contributed by atoms with Gasteiger partial charge in [-0.25, -0.2) is 8.78 Å². The van der Waals surface area contributed by atoms with E-state index in [-0.39, 0.29) is 11.3 Å². The minimum absolute atomic E-state index is 0.221. The highest BCUT2D eigenvalue weighted by Crippen LogP contribution is 2.48. The molecule has 0 bridgehead atoms. The van der Waals surface area contributed by atoms with Crippen LogP contribution in [0.2, 0.25) is 0 Å². The lowest BCUT2D eigenvalue weighted by Crippen LogP contribution is -2.25. The van der Waals surface area contributed by atoms with Gasteiger partial charge in [0.1, 0.15) is 0 Å². The van der Waals surface area contributed by atoms with E-state index < -0.39 is 22.1 Å². The summed E-state index contributed by atoms with van der Waals surface area (Å²) in [6, 6.07) is 1.55. The SMILES string of the molecule is CNC1(c2cc(F)c(F)cc2[N+](=O)[O-])CC1. The highest BCUT2D eigenvalue weighted by molar-refractivity contribution is 5.48. The van der Waals surface area contributed by atoms with Gasteiger partial charge in [-0.1, -0.05) is 0 Å². The fourth-order valence-corrected chi connectivity index (χ4v) is 1.85. The second kappa shape index (κ2) is 3.48. The van der Waals surface area contributed by atoms with Crippen molar-refractivity contribution in [3.63, 3.8) is 0 Å². The first-order chi connectivity index (χ1) is 7.50. The van der Waals surface area contributed by atoms with Gasteiger partial charge < -0.3 is 5.32 Å². The molecular weight excluding hydrogens is 218 g/mol. The molecule has 16 heavy (non-hydrogen) atoms. The minimum Gasteiger partial charge on any atom is -0.310 e. The Morgan fingerprint density at radius 2 is 1.94 bits per heavy atom. The van der Waals surface area contributed by atoms with E-state index >= 15 is 0 Å². The second-order valence-corrected chi connectivity index (χ2v) is 3.87. The third kappa shape index (κ3) is 1.55. The lowest BCUT2D eigenvalue weighted by atomic mass is 10.0. The van der Waals surface area contributed by atoms with Crippen molar-refractivity contribution in [2.75, 3.05) is 7.05 Å². The van der Waals surface area contributed by atoms with Gasteiger partial charge in [0.15, 0.2) is 11.6 Å². The van der Waals surface area contributed by atoms with Gasteiger partial charge in [-0.2, -0.15) is 0 Å². The largest absolute Gasteiger partial charge is 0.310 e. The number of nitro benzene ring substituents is 1. The summed E-state index contributed by atoms with van der Waals surface area (Å²) in [5, 5.41) is 13.7. The van der Waals surface area contributed by atoms with E-state index in [0.717, 1.165) is 6.07 Å². The Bertz CT molecular complexity index is 458. The van der Waals surface area contributed by atoms with Gasteiger partial charge in [-0.15, -0.1) is 0 Å². The average molecular weight is 228 g/mol. The Balaban J connectivity index is 2.59. The van der Waals surface area contributed by atoms with Crippen LogP contribution in [0.3, 0.4) is 0 Å². The van der Waals surface area contributed by atoms with E-state index in [4.69, 9.17) is 0 Å². The van der Waals surface area contributed by atoms with Crippen molar-refractivity contribution >= 4 is 5.69 Å². The predicted octanol–water partition coefficient (Wildman–Crippen LogP) is 2.08. The molecule has 86 valence electrons. The Labute approximate surface area is 90.4 Å². The molecule has 0 aliphatic heterocycles. The standard InChI is InChI=1S/C10H10F2N2O2/c1-13-10(2-3-10)6-4-7(11)8(12)5-9(6)14(15)16/h4-5,13H,2-3H2,1H3. The molecule has 1 aliphatic rings. The monoisotopic (exact) mass is 228 g/mol. The molecule has 1 saturated carbocycles. The maximum atomic E-state index is 13.1. The molecule has 0 radical (unpaired) electrons. The molecular formula is C10H10F2N2O2. The molecule has 1 N–H and O–H groups in total. The number of nitro groups is 1. The molecule has 0 heterocycles. The molecule has 1 fully saturated rings. The van der Waals surface area contributed by atoms with Crippen LogP contribution in [0.1, 0.15) is 18.4 Å². The highest BCUT2D eigenvalue weighted by atomic mass is 19.2. The first-order valence-electron chi connectivity index (χ1n) is 4.83. The normalized spacial score (nSPS) is 17.2. The molecule has 0 aromatic heterocycles. The highest BCUT2D eigenvalue weighted by Gasteiger charge is 2.47. The number of rotatable bonds is 3. The molecule has 0 saturated heterocycles. The summed E-state index contributed by atoms with van der Waals surface area (Å²) < 4.78 is 26.0. The molecule has 0 atom stereocenters. The van der Waals surface area contributed by atoms with Crippen molar-refractivity contribution in [2.45, 2.75) is 18.4 Å². The zero-order chi connectivity index (χ0) is 11.9. The van der Waals surface area contributed by atoms with Crippen molar-refractivity contribution < 1.29 is 13.7 Å². The van der Waals surface area contributed by atoms with Gasteiger partial charge >= 0.3 is 0 Å². The second-order valence-electron chi connectivity index (χ2n) is 3.87. The van der Waals surface area contributed by atoms with Crippen LogP contribution >= 0.6 is 0 Å². The van der Waals surface area contributed by atoms with Crippen molar-refractivity contribution in [1.82, 2.24) is 5.32 Å². The van der Waals surface area contributed by atoms with Crippen LogP contribution in [0.4, 0.5) is 14.5 Å². The van der Waals surface area contributed by atoms with Crippen LogP contribution in [0.5, 0.6) is 0 Å².